The largest absolute Gasteiger partial charge is 0.351 e. The van der Waals surface area contributed by atoms with Crippen LogP contribution in [0, 0.1) is 5.82 Å². The van der Waals surface area contributed by atoms with Crippen molar-refractivity contribution in [2.24, 2.45) is 0 Å². The highest BCUT2D eigenvalue weighted by Crippen LogP contribution is 2.42. The number of thiocarbonyl (C=S) groups is 1. The molecule has 2 atom stereocenters. The summed E-state index contributed by atoms with van der Waals surface area (Å²) in [6, 6.07) is 16.6. The normalized spacial score (nSPS) is 19.6. The van der Waals surface area contributed by atoms with Gasteiger partial charge in [0.2, 0.25) is 0 Å². The van der Waals surface area contributed by atoms with Gasteiger partial charge in [0, 0.05) is 29.8 Å². The predicted molar refractivity (Wildman–Crippen MR) is 109 cm³/mol. The Bertz CT molecular complexity index is 936. The zero-order valence-electron chi connectivity index (χ0n) is 15.2. The Morgan fingerprint density at radius 3 is 2.52 bits per heavy atom. The monoisotopic (exact) mass is 380 g/mol. The number of nitrogens with zero attached hydrogens (tertiary/aromatic N) is 3. The lowest BCUT2D eigenvalue weighted by Crippen LogP contribution is -2.30. The highest BCUT2D eigenvalue weighted by molar-refractivity contribution is 7.80. The summed E-state index contributed by atoms with van der Waals surface area (Å²) in [4.78, 5) is 6.61. The van der Waals surface area contributed by atoms with Gasteiger partial charge in [0.15, 0.2) is 5.11 Å². The molecule has 1 N–H and O–H groups in total. The molecule has 1 aliphatic heterocycles. The lowest BCUT2D eigenvalue weighted by molar-refractivity contribution is 0.497. The second-order valence-corrected chi connectivity index (χ2v) is 7.29. The van der Waals surface area contributed by atoms with Gasteiger partial charge in [0.1, 0.15) is 11.9 Å². The van der Waals surface area contributed by atoms with Gasteiger partial charge in [-0.05, 0) is 74.6 Å². The van der Waals surface area contributed by atoms with Crippen molar-refractivity contribution in [1.82, 2.24) is 14.9 Å². The van der Waals surface area contributed by atoms with Gasteiger partial charge in [0.05, 0.1) is 11.7 Å². The van der Waals surface area contributed by atoms with Gasteiger partial charge in [-0.15, -0.1) is 0 Å². The molecular weight excluding hydrogens is 359 g/mol. The van der Waals surface area contributed by atoms with Crippen molar-refractivity contribution >= 4 is 23.0 Å². The second-order valence-electron chi connectivity index (χ2n) is 6.91. The second kappa shape index (κ2) is 7.12. The molecule has 27 heavy (non-hydrogen) atoms. The van der Waals surface area contributed by atoms with Crippen molar-refractivity contribution in [3.8, 4) is 0 Å². The molecule has 1 saturated heterocycles. The first-order valence-electron chi connectivity index (χ1n) is 8.99. The Kier molecular flexibility index (Phi) is 4.66. The van der Waals surface area contributed by atoms with Crippen molar-refractivity contribution < 1.29 is 4.39 Å². The number of anilines is 1. The van der Waals surface area contributed by atoms with Gasteiger partial charge >= 0.3 is 0 Å². The summed E-state index contributed by atoms with van der Waals surface area (Å²) in [5, 5.41) is 4.04. The van der Waals surface area contributed by atoms with Crippen LogP contribution in [0.5, 0.6) is 0 Å². The minimum Gasteiger partial charge on any atom is -0.351 e. The molecule has 3 aromatic rings. The Morgan fingerprint density at radius 2 is 1.85 bits per heavy atom. The number of halogens is 1. The van der Waals surface area contributed by atoms with E-state index in [2.05, 4.69) is 51.9 Å². The van der Waals surface area contributed by atoms with Crippen LogP contribution in [-0.2, 0) is 0 Å². The van der Waals surface area contributed by atoms with Crippen LogP contribution in [0.4, 0.5) is 10.1 Å². The fraction of sp³-hybridized carbons (Fsp3) is 0.238. The average Bonchev–Trinajstić information content (AvgIpc) is 3.27. The summed E-state index contributed by atoms with van der Waals surface area (Å²) in [6.45, 7) is 4.31. The molecule has 0 spiro atoms. The van der Waals surface area contributed by atoms with Crippen molar-refractivity contribution in [3.05, 3.63) is 84.2 Å². The Labute approximate surface area is 163 Å². The summed E-state index contributed by atoms with van der Waals surface area (Å²) in [5.74, 6) is -0.264. The van der Waals surface area contributed by atoms with E-state index in [9.17, 15) is 4.39 Å². The zero-order chi connectivity index (χ0) is 19.0. The van der Waals surface area contributed by atoms with Gasteiger partial charge in [-0.1, -0.05) is 6.07 Å². The Morgan fingerprint density at radius 1 is 1.07 bits per heavy atom. The third-order valence-electron chi connectivity index (χ3n) is 4.87. The van der Waals surface area contributed by atoms with Gasteiger partial charge < -0.3 is 14.8 Å². The minimum atomic E-state index is -0.264. The van der Waals surface area contributed by atoms with Crippen LogP contribution >= 0.6 is 12.2 Å². The number of aromatic nitrogens is 2. The molecule has 4 rings (SSSR count). The molecule has 0 radical (unpaired) electrons. The topological polar surface area (TPSA) is 33.1 Å². The number of nitrogens with one attached hydrogen (secondary N) is 1. The average molecular weight is 380 g/mol. The Balaban J connectivity index is 1.85. The van der Waals surface area contributed by atoms with Crippen molar-refractivity contribution in [1.29, 1.82) is 0 Å². The summed E-state index contributed by atoms with van der Waals surface area (Å²) in [6.07, 6.45) is 3.87. The van der Waals surface area contributed by atoms with Gasteiger partial charge in [-0.25, -0.2) is 4.39 Å². The summed E-state index contributed by atoms with van der Waals surface area (Å²) < 4.78 is 15.7. The maximum absolute atomic E-state index is 13.5. The van der Waals surface area contributed by atoms with Crippen LogP contribution in [0.1, 0.15) is 43.4 Å². The highest BCUT2D eigenvalue weighted by Gasteiger charge is 2.42. The lowest BCUT2D eigenvalue weighted by atomic mass is 10.0. The third-order valence-corrected chi connectivity index (χ3v) is 5.19. The predicted octanol–water partition coefficient (Wildman–Crippen LogP) is 4.78. The SMILES string of the molecule is CC(C)n1cccc1[C@H]1[C@@H](c2ccccn2)NC(=S)N1c1ccc(F)cc1. The van der Waals surface area contributed by atoms with E-state index in [1.54, 1.807) is 18.3 Å². The molecule has 0 unspecified atom stereocenters. The van der Waals surface area contributed by atoms with Gasteiger partial charge in [-0.2, -0.15) is 0 Å². The van der Waals surface area contributed by atoms with E-state index in [-0.39, 0.29) is 17.9 Å². The summed E-state index contributed by atoms with van der Waals surface area (Å²) in [7, 11) is 0. The molecule has 1 aromatic carbocycles. The number of benzene rings is 1. The molecule has 4 nitrogen and oxygen atoms in total. The van der Waals surface area contributed by atoms with Gasteiger partial charge in [-0.3, -0.25) is 4.98 Å². The van der Waals surface area contributed by atoms with E-state index in [4.69, 9.17) is 12.2 Å². The molecular formula is C21H21FN4S. The first kappa shape index (κ1) is 17.7. The van der Waals surface area contributed by atoms with Crippen LogP contribution in [0.3, 0.4) is 0 Å². The molecule has 3 heterocycles. The van der Waals surface area contributed by atoms with Crippen LogP contribution in [0.15, 0.2) is 67.0 Å². The number of hydrogen-bond acceptors (Lipinski definition) is 2. The van der Waals surface area contributed by atoms with Gasteiger partial charge in [0.25, 0.3) is 0 Å². The van der Waals surface area contributed by atoms with Crippen LogP contribution in [-0.4, -0.2) is 14.7 Å². The molecule has 1 fully saturated rings. The standard InChI is InChI=1S/C21H21FN4S/c1-14(2)25-13-5-7-18(25)20-19(17-6-3-4-12-23-17)24-21(27)26(20)16-10-8-15(22)9-11-16/h3-14,19-20H,1-2H3,(H,24,27)/t19-,20+/m1/s1. The molecule has 1 aliphatic rings. The minimum absolute atomic E-state index is 0.0877. The van der Waals surface area contributed by atoms with E-state index in [0.29, 0.717) is 11.2 Å². The maximum atomic E-state index is 13.5. The van der Waals surface area contributed by atoms with E-state index in [0.717, 1.165) is 17.1 Å². The fourth-order valence-electron chi connectivity index (χ4n) is 3.66. The van der Waals surface area contributed by atoms with E-state index >= 15 is 0 Å². The molecule has 2 aromatic heterocycles. The first-order chi connectivity index (χ1) is 13.1. The fourth-order valence-corrected chi connectivity index (χ4v) is 4.01. The smallest absolute Gasteiger partial charge is 0.174 e. The number of pyridine rings is 1. The quantitative estimate of drug-likeness (QED) is 0.661. The number of hydrogen-bond donors (Lipinski definition) is 1. The van der Waals surface area contributed by atoms with Crippen molar-refractivity contribution in [3.63, 3.8) is 0 Å². The highest BCUT2D eigenvalue weighted by atomic mass is 32.1. The molecule has 6 heteroatoms. The molecule has 0 saturated carbocycles. The molecule has 138 valence electrons. The van der Waals surface area contributed by atoms with Crippen molar-refractivity contribution in [2.45, 2.75) is 32.0 Å². The summed E-state index contributed by atoms with van der Waals surface area (Å²) in [5.41, 5.74) is 2.91. The van der Waals surface area contributed by atoms with Crippen LogP contribution < -0.4 is 10.2 Å². The first-order valence-corrected chi connectivity index (χ1v) is 9.40. The molecule has 0 amide bonds. The molecule has 0 aliphatic carbocycles. The molecule has 0 bridgehead atoms. The van der Waals surface area contributed by atoms with E-state index in [1.165, 1.54) is 12.1 Å². The Hall–Kier alpha value is -2.73. The van der Waals surface area contributed by atoms with Crippen LogP contribution in [0.2, 0.25) is 0 Å². The zero-order valence-corrected chi connectivity index (χ0v) is 16.0. The third kappa shape index (κ3) is 3.21. The van der Waals surface area contributed by atoms with Crippen molar-refractivity contribution in [2.75, 3.05) is 4.90 Å². The van der Waals surface area contributed by atoms with E-state index in [1.807, 2.05) is 18.2 Å². The summed E-state index contributed by atoms with van der Waals surface area (Å²) >= 11 is 5.68. The van der Waals surface area contributed by atoms with Crippen LogP contribution in [0.25, 0.3) is 0 Å². The van der Waals surface area contributed by atoms with E-state index < -0.39 is 0 Å². The lowest BCUT2D eigenvalue weighted by Gasteiger charge is -2.29. The maximum Gasteiger partial charge on any atom is 0.174 e. The number of rotatable bonds is 4.